The standard InChI is InChI=1S/C13H12N3O.H2O4S/c1-17-13-8-6-11(7-9-13)15-10-2-4-12(16-14)5-3-10;1-5(2,3)4/h2-9,15H,1H3;(H2,1,2,3,4)/q+1;/p-1. The van der Waals surface area contributed by atoms with Crippen LogP contribution in [0.1, 0.15) is 0 Å². The molecule has 0 aliphatic carbocycles. The van der Waals surface area contributed by atoms with Crippen molar-refractivity contribution in [1.82, 2.24) is 0 Å². The first-order valence-electron chi connectivity index (χ1n) is 5.86. The quantitative estimate of drug-likeness (QED) is 0.505. The molecule has 116 valence electrons. The minimum atomic E-state index is -4.92. The Morgan fingerprint density at radius 1 is 1.09 bits per heavy atom. The zero-order valence-corrected chi connectivity index (χ0v) is 12.3. The summed E-state index contributed by atoms with van der Waals surface area (Å²) in [4.78, 5) is 3.10. The van der Waals surface area contributed by atoms with Gasteiger partial charge in [0.05, 0.1) is 7.11 Å². The Balaban J connectivity index is 0.000000422. The molecule has 2 rings (SSSR count). The van der Waals surface area contributed by atoms with E-state index in [0.29, 0.717) is 5.69 Å². The van der Waals surface area contributed by atoms with Gasteiger partial charge in [-0.1, -0.05) is 0 Å². The van der Waals surface area contributed by atoms with E-state index >= 15 is 0 Å². The lowest BCUT2D eigenvalue weighted by Crippen LogP contribution is -1.90. The van der Waals surface area contributed by atoms with E-state index in [4.69, 9.17) is 27.7 Å². The van der Waals surface area contributed by atoms with Gasteiger partial charge in [0.25, 0.3) is 0 Å². The number of anilines is 2. The normalized spacial score (nSPS) is 9.91. The summed E-state index contributed by atoms with van der Waals surface area (Å²) in [6.45, 7) is 0. The molecule has 0 aromatic heterocycles. The number of methoxy groups -OCH3 is 1. The van der Waals surface area contributed by atoms with Crippen LogP contribution < -0.4 is 10.1 Å². The third-order valence-electron chi connectivity index (χ3n) is 2.36. The monoisotopic (exact) mass is 323 g/mol. The molecule has 0 fully saturated rings. The second-order valence-corrected chi connectivity index (χ2v) is 4.78. The van der Waals surface area contributed by atoms with Crippen LogP contribution in [-0.4, -0.2) is 24.6 Å². The predicted octanol–water partition coefficient (Wildman–Crippen LogP) is 2.93. The first kappa shape index (κ1) is 17.4. The van der Waals surface area contributed by atoms with E-state index in [9.17, 15) is 0 Å². The molecule has 2 aromatic carbocycles. The average Bonchev–Trinajstić information content (AvgIpc) is 2.47. The van der Waals surface area contributed by atoms with E-state index in [2.05, 4.69) is 10.3 Å². The first-order chi connectivity index (χ1) is 10.3. The number of ether oxygens (including phenoxy) is 1. The van der Waals surface area contributed by atoms with Crippen LogP contribution in [0.4, 0.5) is 17.1 Å². The highest BCUT2D eigenvalue weighted by Gasteiger charge is 2.02. The predicted molar refractivity (Wildman–Crippen MR) is 79.8 cm³/mol. The van der Waals surface area contributed by atoms with Crippen LogP contribution in [0, 0.1) is 5.39 Å². The van der Waals surface area contributed by atoms with Crippen molar-refractivity contribution in [2.75, 3.05) is 12.4 Å². The molecule has 0 atom stereocenters. The summed E-state index contributed by atoms with van der Waals surface area (Å²) < 4.78 is 37.9. The SMILES string of the molecule is COc1ccc(Nc2ccc([N+]#N)cc2)cc1.O=S(=O)([O-])O. The molecule has 0 bridgehead atoms. The summed E-state index contributed by atoms with van der Waals surface area (Å²) in [6.07, 6.45) is 0. The first-order valence-corrected chi connectivity index (χ1v) is 7.23. The Bertz CT molecular complexity index is 729. The topological polar surface area (TPSA) is 127 Å². The molecule has 0 amide bonds. The van der Waals surface area contributed by atoms with Crippen LogP contribution in [0.5, 0.6) is 5.75 Å². The summed E-state index contributed by atoms with van der Waals surface area (Å²) >= 11 is 0. The molecule has 0 aliphatic heterocycles. The highest BCUT2D eigenvalue weighted by molar-refractivity contribution is 7.79. The van der Waals surface area contributed by atoms with Crippen molar-refractivity contribution in [3.05, 3.63) is 53.5 Å². The van der Waals surface area contributed by atoms with Crippen molar-refractivity contribution in [2.45, 2.75) is 0 Å². The Kier molecular flexibility index (Phi) is 6.27. The number of nitrogens with zero attached hydrogens (tertiary/aromatic N) is 2. The molecule has 0 saturated carbocycles. The molecule has 0 aliphatic rings. The minimum Gasteiger partial charge on any atom is -0.726 e. The van der Waals surface area contributed by atoms with E-state index in [1.807, 2.05) is 36.4 Å². The molecule has 0 unspecified atom stereocenters. The summed E-state index contributed by atoms with van der Waals surface area (Å²) in [5.41, 5.74) is 2.44. The lowest BCUT2D eigenvalue weighted by atomic mass is 10.2. The molecule has 22 heavy (non-hydrogen) atoms. The van der Waals surface area contributed by atoms with Crippen molar-refractivity contribution < 1.29 is 22.3 Å². The van der Waals surface area contributed by atoms with E-state index in [-0.39, 0.29) is 0 Å². The van der Waals surface area contributed by atoms with Gasteiger partial charge in [-0.05, 0) is 36.4 Å². The van der Waals surface area contributed by atoms with Crippen LogP contribution in [-0.2, 0) is 10.4 Å². The number of rotatable bonds is 3. The summed E-state index contributed by atoms with van der Waals surface area (Å²) in [6, 6.07) is 14.8. The number of diazo groups is 1. The van der Waals surface area contributed by atoms with Crippen molar-refractivity contribution in [3.63, 3.8) is 0 Å². The van der Waals surface area contributed by atoms with Crippen molar-refractivity contribution >= 4 is 27.5 Å². The largest absolute Gasteiger partial charge is 0.726 e. The molecule has 2 aromatic rings. The second-order valence-electron chi connectivity index (χ2n) is 3.93. The fourth-order valence-electron chi connectivity index (χ4n) is 1.45. The highest BCUT2D eigenvalue weighted by Crippen LogP contribution is 2.21. The van der Waals surface area contributed by atoms with Gasteiger partial charge >= 0.3 is 5.69 Å². The molecule has 0 saturated heterocycles. The van der Waals surface area contributed by atoms with Gasteiger partial charge in [0, 0.05) is 23.5 Å². The fraction of sp³-hybridized carbons (Fsp3) is 0.0769. The van der Waals surface area contributed by atoms with Crippen molar-refractivity contribution in [1.29, 1.82) is 5.39 Å². The summed E-state index contributed by atoms with van der Waals surface area (Å²) in [5.74, 6) is 0.824. The number of hydrogen-bond donors (Lipinski definition) is 2. The summed E-state index contributed by atoms with van der Waals surface area (Å²) in [5, 5.41) is 11.8. The van der Waals surface area contributed by atoms with Gasteiger partial charge in [0.1, 0.15) is 5.75 Å². The van der Waals surface area contributed by atoms with E-state index in [1.54, 1.807) is 19.2 Å². The Morgan fingerprint density at radius 2 is 1.50 bits per heavy atom. The average molecular weight is 323 g/mol. The fourth-order valence-corrected chi connectivity index (χ4v) is 1.45. The van der Waals surface area contributed by atoms with Crippen LogP contribution in [0.2, 0.25) is 0 Å². The maximum absolute atomic E-state index is 8.63. The molecule has 0 heterocycles. The number of benzene rings is 2. The van der Waals surface area contributed by atoms with E-state index < -0.39 is 10.4 Å². The summed E-state index contributed by atoms with van der Waals surface area (Å²) in [7, 11) is -3.28. The zero-order chi connectivity index (χ0) is 16.6. The maximum Gasteiger partial charge on any atom is 0.385 e. The van der Waals surface area contributed by atoms with Gasteiger partial charge in [-0.2, -0.15) is 0 Å². The van der Waals surface area contributed by atoms with Gasteiger partial charge in [-0.3, -0.25) is 4.55 Å². The van der Waals surface area contributed by atoms with Crippen molar-refractivity contribution in [3.8, 4) is 5.75 Å². The zero-order valence-electron chi connectivity index (χ0n) is 11.5. The van der Waals surface area contributed by atoms with Crippen LogP contribution in [0.3, 0.4) is 0 Å². The third kappa shape index (κ3) is 7.20. The van der Waals surface area contributed by atoms with Gasteiger partial charge in [0.2, 0.25) is 15.8 Å². The highest BCUT2D eigenvalue weighted by atomic mass is 32.3. The second kappa shape index (κ2) is 7.94. The van der Waals surface area contributed by atoms with Crippen LogP contribution >= 0.6 is 0 Å². The van der Waals surface area contributed by atoms with E-state index in [0.717, 1.165) is 17.1 Å². The molecule has 9 heteroatoms. The van der Waals surface area contributed by atoms with Crippen molar-refractivity contribution in [2.24, 2.45) is 0 Å². The third-order valence-corrected chi connectivity index (χ3v) is 2.36. The molecule has 0 radical (unpaired) electrons. The van der Waals surface area contributed by atoms with Gasteiger partial charge in [0.15, 0.2) is 4.98 Å². The molecular formula is C13H13N3O5S. The molecule has 2 N–H and O–H groups in total. The van der Waals surface area contributed by atoms with Crippen LogP contribution in [0.25, 0.3) is 4.98 Å². The lowest BCUT2D eigenvalue weighted by molar-refractivity contribution is 0.366. The Hall–Kier alpha value is -2.67. The Morgan fingerprint density at radius 3 is 1.86 bits per heavy atom. The minimum absolute atomic E-state index is 0.533. The molecule has 8 nitrogen and oxygen atoms in total. The smallest absolute Gasteiger partial charge is 0.385 e. The number of nitrogens with one attached hydrogen (secondary N) is 1. The Labute approximate surface area is 127 Å². The molecular weight excluding hydrogens is 310 g/mol. The van der Waals surface area contributed by atoms with Gasteiger partial charge < -0.3 is 14.6 Å². The maximum atomic E-state index is 8.63. The lowest BCUT2D eigenvalue weighted by Gasteiger charge is -2.06. The van der Waals surface area contributed by atoms with Gasteiger partial charge in [-0.15, -0.1) is 0 Å². The van der Waals surface area contributed by atoms with E-state index in [1.165, 1.54) is 0 Å². The van der Waals surface area contributed by atoms with Crippen LogP contribution in [0.15, 0.2) is 48.5 Å². The molecule has 0 spiro atoms. The number of hydrogen-bond acceptors (Lipinski definition) is 6. The van der Waals surface area contributed by atoms with Gasteiger partial charge in [-0.25, -0.2) is 8.42 Å².